The summed E-state index contributed by atoms with van der Waals surface area (Å²) in [5.41, 5.74) is 6.21. The van der Waals surface area contributed by atoms with E-state index in [1.807, 2.05) is 4.90 Å². The maximum absolute atomic E-state index is 14.2. The monoisotopic (exact) mass is 282 g/mol. The molecule has 1 atom stereocenters. The van der Waals surface area contributed by atoms with Gasteiger partial charge in [-0.3, -0.25) is 0 Å². The van der Waals surface area contributed by atoms with E-state index in [1.54, 1.807) is 0 Å². The van der Waals surface area contributed by atoms with Crippen LogP contribution in [0.15, 0.2) is 12.1 Å². The Morgan fingerprint density at radius 3 is 2.50 bits per heavy atom. The summed E-state index contributed by atoms with van der Waals surface area (Å²) in [6.07, 6.45) is 4.82. The van der Waals surface area contributed by atoms with Crippen molar-refractivity contribution in [2.75, 3.05) is 24.5 Å². The molecule has 20 heavy (non-hydrogen) atoms. The SMILES string of the molecule is CCC1CCCN(c2c(F)cc(CCN)cc2F)CC1. The molecule has 0 saturated carbocycles. The molecular weight excluding hydrogens is 258 g/mol. The van der Waals surface area contributed by atoms with Crippen molar-refractivity contribution in [1.29, 1.82) is 0 Å². The van der Waals surface area contributed by atoms with Crippen LogP contribution in [0.5, 0.6) is 0 Å². The second-order valence-corrected chi connectivity index (χ2v) is 5.64. The number of benzene rings is 1. The van der Waals surface area contributed by atoms with E-state index in [2.05, 4.69) is 6.92 Å². The van der Waals surface area contributed by atoms with Crippen molar-refractivity contribution in [2.24, 2.45) is 11.7 Å². The number of halogens is 2. The molecule has 112 valence electrons. The van der Waals surface area contributed by atoms with Gasteiger partial charge in [0.1, 0.15) is 17.3 Å². The number of rotatable bonds is 4. The van der Waals surface area contributed by atoms with Crippen molar-refractivity contribution in [3.05, 3.63) is 29.3 Å². The smallest absolute Gasteiger partial charge is 0.149 e. The van der Waals surface area contributed by atoms with Gasteiger partial charge in [0, 0.05) is 13.1 Å². The van der Waals surface area contributed by atoms with Gasteiger partial charge in [0.05, 0.1) is 0 Å². The van der Waals surface area contributed by atoms with Gasteiger partial charge >= 0.3 is 0 Å². The summed E-state index contributed by atoms with van der Waals surface area (Å²) in [4.78, 5) is 1.87. The molecule has 1 aromatic rings. The molecule has 1 fully saturated rings. The first-order valence-electron chi connectivity index (χ1n) is 7.58. The summed E-state index contributed by atoms with van der Waals surface area (Å²) in [7, 11) is 0. The molecule has 0 aliphatic carbocycles. The van der Waals surface area contributed by atoms with Crippen molar-refractivity contribution in [3.63, 3.8) is 0 Å². The minimum Gasteiger partial charge on any atom is -0.367 e. The van der Waals surface area contributed by atoms with Crippen LogP contribution in [0.2, 0.25) is 0 Å². The third kappa shape index (κ3) is 3.48. The van der Waals surface area contributed by atoms with Crippen LogP contribution in [0.4, 0.5) is 14.5 Å². The Hall–Kier alpha value is -1.16. The van der Waals surface area contributed by atoms with Crippen LogP contribution < -0.4 is 10.6 Å². The predicted molar refractivity (Wildman–Crippen MR) is 79.0 cm³/mol. The molecule has 0 bridgehead atoms. The molecule has 1 aliphatic heterocycles. The molecule has 1 saturated heterocycles. The van der Waals surface area contributed by atoms with Crippen LogP contribution in [0.1, 0.15) is 38.2 Å². The largest absolute Gasteiger partial charge is 0.367 e. The van der Waals surface area contributed by atoms with Gasteiger partial charge in [-0.1, -0.05) is 13.3 Å². The summed E-state index contributed by atoms with van der Waals surface area (Å²) < 4.78 is 28.4. The first kappa shape index (κ1) is 15.2. The van der Waals surface area contributed by atoms with Crippen molar-refractivity contribution in [1.82, 2.24) is 0 Å². The van der Waals surface area contributed by atoms with Gasteiger partial charge in [-0.05, 0) is 55.8 Å². The van der Waals surface area contributed by atoms with Gasteiger partial charge in [-0.15, -0.1) is 0 Å². The van der Waals surface area contributed by atoms with Crippen LogP contribution in [0, 0.1) is 17.6 Å². The molecule has 2 nitrogen and oxygen atoms in total. The van der Waals surface area contributed by atoms with Gasteiger partial charge in [0.2, 0.25) is 0 Å². The highest BCUT2D eigenvalue weighted by molar-refractivity contribution is 5.51. The Morgan fingerprint density at radius 1 is 1.20 bits per heavy atom. The van der Waals surface area contributed by atoms with E-state index in [9.17, 15) is 8.78 Å². The van der Waals surface area contributed by atoms with Gasteiger partial charge in [-0.2, -0.15) is 0 Å². The lowest BCUT2D eigenvalue weighted by Crippen LogP contribution is -2.26. The molecule has 0 radical (unpaired) electrons. The van der Waals surface area contributed by atoms with E-state index < -0.39 is 11.6 Å². The first-order chi connectivity index (χ1) is 9.65. The van der Waals surface area contributed by atoms with Crippen molar-refractivity contribution >= 4 is 5.69 Å². The molecule has 1 aromatic carbocycles. The van der Waals surface area contributed by atoms with E-state index in [1.165, 1.54) is 12.1 Å². The molecular formula is C16H24F2N2. The van der Waals surface area contributed by atoms with Crippen LogP contribution in [0.25, 0.3) is 0 Å². The van der Waals surface area contributed by atoms with Gasteiger partial charge in [0.15, 0.2) is 0 Å². The molecule has 0 spiro atoms. The average molecular weight is 282 g/mol. The molecule has 4 heteroatoms. The zero-order valence-corrected chi connectivity index (χ0v) is 12.2. The molecule has 1 aliphatic rings. The van der Waals surface area contributed by atoms with Gasteiger partial charge in [0.25, 0.3) is 0 Å². The fraction of sp³-hybridized carbons (Fsp3) is 0.625. The molecule has 1 heterocycles. The minimum absolute atomic E-state index is 0.141. The highest BCUT2D eigenvalue weighted by Gasteiger charge is 2.21. The lowest BCUT2D eigenvalue weighted by molar-refractivity contribution is 0.459. The third-order valence-electron chi connectivity index (χ3n) is 4.25. The van der Waals surface area contributed by atoms with Crippen LogP contribution in [0.3, 0.4) is 0 Å². The topological polar surface area (TPSA) is 29.3 Å². The maximum atomic E-state index is 14.2. The molecule has 1 unspecified atom stereocenters. The number of hydrogen-bond donors (Lipinski definition) is 1. The molecule has 0 amide bonds. The number of hydrogen-bond acceptors (Lipinski definition) is 2. The third-order valence-corrected chi connectivity index (χ3v) is 4.25. The standard InChI is InChI=1S/C16H24F2N2/c1-2-12-4-3-8-20(9-6-12)16-14(17)10-13(5-7-19)11-15(16)18/h10-12H,2-9,19H2,1H3. The number of anilines is 1. The Bertz CT molecular complexity index is 425. The summed E-state index contributed by atoms with van der Waals surface area (Å²) in [6, 6.07) is 2.85. The minimum atomic E-state index is -0.455. The quantitative estimate of drug-likeness (QED) is 0.916. The lowest BCUT2D eigenvalue weighted by atomic mass is 9.98. The Labute approximate surface area is 120 Å². The highest BCUT2D eigenvalue weighted by atomic mass is 19.1. The Morgan fingerprint density at radius 2 is 1.90 bits per heavy atom. The average Bonchev–Trinajstić information content (AvgIpc) is 2.64. The second-order valence-electron chi connectivity index (χ2n) is 5.64. The fourth-order valence-corrected chi connectivity index (χ4v) is 3.03. The fourth-order valence-electron chi connectivity index (χ4n) is 3.03. The number of nitrogens with two attached hydrogens (primary N) is 1. The zero-order chi connectivity index (χ0) is 14.5. The Kier molecular flexibility index (Phi) is 5.35. The lowest BCUT2D eigenvalue weighted by Gasteiger charge is -2.24. The molecule has 0 aromatic heterocycles. The number of nitrogens with zero attached hydrogens (tertiary/aromatic N) is 1. The predicted octanol–water partition coefficient (Wildman–Crippen LogP) is 3.48. The van der Waals surface area contributed by atoms with E-state index in [0.29, 0.717) is 24.4 Å². The summed E-state index contributed by atoms with van der Waals surface area (Å²) in [5, 5.41) is 0. The second kappa shape index (κ2) is 7.02. The highest BCUT2D eigenvalue weighted by Crippen LogP contribution is 2.29. The summed E-state index contributed by atoms with van der Waals surface area (Å²) >= 11 is 0. The van der Waals surface area contributed by atoms with E-state index in [4.69, 9.17) is 5.73 Å². The van der Waals surface area contributed by atoms with Crippen molar-refractivity contribution < 1.29 is 8.78 Å². The zero-order valence-electron chi connectivity index (χ0n) is 12.2. The van der Waals surface area contributed by atoms with Crippen LogP contribution in [-0.4, -0.2) is 19.6 Å². The van der Waals surface area contributed by atoms with Crippen LogP contribution >= 0.6 is 0 Å². The normalized spacial score (nSPS) is 20.0. The van der Waals surface area contributed by atoms with E-state index in [0.717, 1.165) is 38.8 Å². The van der Waals surface area contributed by atoms with Gasteiger partial charge < -0.3 is 10.6 Å². The van der Waals surface area contributed by atoms with E-state index >= 15 is 0 Å². The van der Waals surface area contributed by atoms with Crippen LogP contribution in [-0.2, 0) is 6.42 Å². The van der Waals surface area contributed by atoms with Crippen molar-refractivity contribution in [3.8, 4) is 0 Å². The summed E-state index contributed by atoms with van der Waals surface area (Å²) in [5.74, 6) is -0.227. The molecule has 2 N–H and O–H groups in total. The van der Waals surface area contributed by atoms with Crippen molar-refractivity contribution in [2.45, 2.75) is 39.0 Å². The maximum Gasteiger partial charge on any atom is 0.149 e. The van der Waals surface area contributed by atoms with E-state index in [-0.39, 0.29) is 5.69 Å². The summed E-state index contributed by atoms with van der Waals surface area (Å²) in [6.45, 7) is 4.06. The first-order valence-corrected chi connectivity index (χ1v) is 7.58. The molecule has 2 rings (SSSR count). The Balaban J connectivity index is 2.19. The van der Waals surface area contributed by atoms with Gasteiger partial charge in [-0.25, -0.2) is 8.78 Å².